The molecule has 3 aromatic rings. The van der Waals surface area contributed by atoms with Crippen LogP contribution in [0.25, 0.3) is 11.1 Å². The van der Waals surface area contributed by atoms with E-state index in [1.54, 1.807) is 0 Å². The fraction of sp³-hybridized carbons (Fsp3) is 0.419. The van der Waals surface area contributed by atoms with Gasteiger partial charge in [0.25, 0.3) is 0 Å². The van der Waals surface area contributed by atoms with Crippen LogP contribution in [0.5, 0.6) is 11.5 Å². The molecule has 0 radical (unpaired) electrons. The highest BCUT2D eigenvalue weighted by Crippen LogP contribution is 2.35. The van der Waals surface area contributed by atoms with Gasteiger partial charge < -0.3 is 9.47 Å². The van der Waals surface area contributed by atoms with E-state index in [2.05, 4.69) is 67.6 Å². The molecule has 0 atom stereocenters. The maximum Gasteiger partial charge on any atom is 0.119 e. The third-order valence-corrected chi connectivity index (χ3v) is 8.68. The van der Waals surface area contributed by atoms with Gasteiger partial charge in [0.1, 0.15) is 18.1 Å². The SMILES string of the molecule is CCCc1ccc(OCc2ccc3c(c2)-c2ccc(OCC4CCS(=O)CC4)cc2CCC3)cc1. The van der Waals surface area contributed by atoms with Crippen LogP contribution in [0.4, 0.5) is 0 Å². The lowest BCUT2D eigenvalue weighted by molar-refractivity contribution is 0.239. The van der Waals surface area contributed by atoms with Crippen molar-refractivity contribution in [1.29, 1.82) is 0 Å². The molecule has 0 aromatic heterocycles. The smallest absolute Gasteiger partial charge is 0.119 e. The van der Waals surface area contributed by atoms with Crippen molar-refractivity contribution in [2.24, 2.45) is 5.92 Å². The predicted octanol–water partition coefficient (Wildman–Crippen LogP) is 6.91. The molecule has 1 heterocycles. The average Bonchev–Trinajstić information content (AvgIpc) is 3.07. The van der Waals surface area contributed by atoms with E-state index in [9.17, 15) is 4.21 Å². The number of fused-ring (bicyclic) bond motifs is 3. The van der Waals surface area contributed by atoms with Crippen LogP contribution in [0.15, 0.2) is 60.7 Å². The zero-order valence-electron chi connectivity index (χ0n) is 20.8. The summed E-state index contributed by atoms with van der Waals surface area (Å²) in [6.45, 7) is 3.51. The maximum absolute atomic E-state index is 11.6. The molecule has 0 unspecified atom stereocenters. The molecular formula is C31H36O3S. The van der Waals surface area contributed by atoms with Crippen LogP contribution in [0.2, 0.25) is 0 Å². The number of ether oxygens (including phenoxy) is 2. The number of aryl methyl sites for hydroxylation is 3. The second kappa shape index (κ2) is 11.4. The number of benzene rings is 3. The van der Waals surface area contributed by atoms with Gasteiger partial charge in [-0.2, -0.15) is 0 Å². The van der Waals surface area contributed by atoms with Gasteiger partial charge in [-0.15, -0.1) is 0 Å². The molecule has 0 bridgehead atoms. The summed E-state index contributed by atoms with van der Waals surface area (Å²) >= 11 is 0. The van der Waals surface area contributed by atoms with Crippen molar-refractivity contribution in [3.63, 3.8) is 0 Å². The maximum atomic E-state index is 11.6. The van der Waals surface area contributed by atoms with E-state index >= 15 is 0 Å². The van der Waals surface area contributed by atoms with Crippen molar-refractivity contribution in [3.05, 3.63) is 82.9 Å². The first-order chi connectivity index (χ1) is 17.2. The quantitative estimate of drug-likeness (QED) is 0.346. The van der Waals surface area contributed by atoms with Crippen LogP contribution in [-0.4, -0.2) is 22.3 Å². The predicted molar refractivity (Wildman–Crippen MR) is 145 cm³/mol. The molecule has 4 heteroatoms. The van der Waals surface area contributed by atoms with Crippen LogP contribution in [0, 0.1) is 5.92 Å². The second-order valence-electron chi connectivity index (χ2n) is 9.95. The zero-order chi connectivity index (χ0) is 24.0. The van der Waals surface area contributed by atoms with Gasteiger partial charge in [-0.1, -0.05) is 43.7 Å². The third kappa shape index (κ3) is 6.16. The van der Waals surface area contributed by atoms with E-state index in [4.69, 9.17) is 9.47 Å². The Kier molecular flexibility index (Phi) is 7.88. The molecule has 5 rings (SSSR count). The molecule has 1 aliphatic heterocycles. The van der Waals surface area contributed by atoms with Gasteiger partial charge in [0.15, 0.2) is 0 Å². The van der Waals surface area contributed by atoms with Crippen LogP contribution in [0.1, 0.15) is 54.9 Å². The summed E-state index contributed by atoms with van der Waals surface area (Å²) in [6, 6.07) is 21.9. The van der Waals surface area contributed by atoms with Gasteiger partial charge in [0.05, 0.1) is 6.61 Å². The van der Waals surface area contributed by atoms with E-state index in [-0.39, 0.29) is 0 Å². The van der Waals surface area contributed by atoms with Crippen molar-refractivity contribution in [2.45, 2.75) is 58.5 Å². The average molecular weight is 489 g/mol. The molecule has 184 valence electrons. The molecule has 1 aliphatic carbocycles. The van der Waals surface area contributed by atoms with E-state index < -0.39 is 10.8 Å². The van der Waals surface area contributed by atoms with E-state index in [1.807, 2.05) is 0 Å². The summed E-state index contributed by atoms with van der Waals surface area (Å²) in [7, 11) is -0.615. The Morgan fingerprint density at radius 1 is 0.800 bits per heavy atom. The van der Waals surface area contributed by atoms with E-state index in [1.165, 1.54) is 33.4 Å². The summed E-state index contributed by atoms with van der Waals surface area (Å²) in [5, 5.41) is 0. The molecule has 0 spiro atoms. The van der Waals surface area contributed by atoms with Gasteiger partial charge in [-0.3, -0.25) is 4.21 Å². The Bertz CT molecular complexity index is 1160. The first-order valence-corrected chi connectivity index (χ1v) is 14.6. The lowest BCUT2D eigenvalue weighted by atomic mass is 9.95. The third-order valence-electron chi connectivity index (χ3n) is 7.29. The Morgan fingerprint density at radius 2 is 1.54 bits per heavy atom. The van der Waals surface area contributed by atoms with Gasteiger partial charge >= 0.3 is 0 Å². The van der Waals surface area contributed by atoms with Crippen molar-refractivity contribution in [2.75, 3.05) is 18.1 Å². The van der Waals surface area contributed by atoms with Gasteiger partial charge in [-0.05, 0) is 108 Å². The Labute approximate surface area is 212 Å². The zero-order valence-corrected chi connectivity index (χ0v) is 21.6. The molecule has 3 nitrogen and oxygen atoms in total. The lowest BCUT2D eigenvalue weighted by Crippen LogP contribution is -2.23. The van der Waals surface area contributed by atoms with Gasteiger partial charge in [0, 0.05) is 22.3 Å². The minimum atomic E-state index is -0.615. The van der Waals surface area contributed by atoms with Crippen molar-refractivity contribution >= 4 is 10.8 Å². The van der Waals surface area contributed by atoms with Crippen molar-refractivity contribution < 1.29 is 13.7 Å². The first-order valence-electron chi connectivity index (χ1n) is 13.1. The van der Waals surface area contributed by atoms with Crippen LogP contribution < -0.4 is 9.47 Å². The van der Waals surface area contributed by atoms with Crippen molar-refractivity contribution in [3.8, 4) is 22.6 Å². The van der Waals surface area contributed by atoms with Gasteiger partial charge in [-0.25, -0.2) is 0 Å². The van der Waals surface area contributed by atoms with Crippen molar-refractivity contribution in [1.82, 2.24) is 0 Å². The normalized spacial score (nSPS) is 19.3. The summed E-state index contributed by atoms with van der Waals surface area (Å²) in [4.78, 5) is 0. The largest absolute Gasteiger partial charge is 0.493 e. The molecule has 0 amide bonds. The molecule has 2 aliphatic rings. The lowest BCUT2D eigenvalue weighted by Gasteiger charge is -2.22. The first kappa shape index (κ1) is 24.1. The van der Waals surface area contributed by atoms with Crippen LogP contribution >= 0.6 is 0 Å². The topological polar surface area (TPSA) is 35.5 Å². The Morgan fingerprint density at radius 3 is 2.34 bits per heavy atom. The highest BCUT2D eigenvalue weighted by atomic mass is 32.2. The van der Waals surface area contributed by atoms with E-state index in [0.717, 1.165) is 74.6 Å². The highest BCUT2D eigenvalue weighted by molar-refractivity contribution is 7.85. The highest BCUT2D eigenvalue weighted by Gasteiger charge is 2.19. The minimum absolute atomic E-state index is 0.526. The monoisotopic (exact) mass is 488 g/mol. The van der Waals surface area contributed by atoms with E-state index in [0.29, 0.717) is 12.5 Å². The number of hydrogen-bond acceptors (Lipinski definition) is 3. The Balaban J connectivity index is 1.27. The van der Waals surface area contributed by atoms with Crippen LogP contribution in [0.3, 0.4) is 0 Å². The molecule has 35 heavy (non-hydrogen) atoms. The molecule has 3 aromatic carbocycles. The minimum Gasteiger partial charge on any atom is -0.493 e. The second-order valence-corrected chi connectivity index (χ2v) is 11.6. The Hall–Kier alpha value is -2.59. The fourth-order valence-electron chi connectivity index (χ4n) is 5.21. The van der Waals surface area contributed by atoms with Gasteiger partial charge in [0.2, 0.25) is 0 Å². The molecule has 0 N–H and O–H groups in total. The summed E-state index contributed by atoms with van der Waals surface area (Å²) in [5.74, 6) is 4.06. The van der Waals surface area contributed by atoms with Crippen LogP contribution in [-0.2, 0) is 36.7 Å². The summed E-state index contributed by atoms with van der Waals surface area (Å²) in [5.41, 5.74) is 8.00. The summed E-state index contributed by atoms with van der Waals surface area (Å²) < 4.78 is 23.9. The number of hydrogen-bond donors (Lipinski definition) is 0. The molecular weight excluding hydrogens is 452 g/mol. The molecule has 1 fully saturated rings. The molecule has 1 saturated heterocycles. The molecule has 0 saturated carbocycles. The fourth-order valence-corrected chi connectivity index (χ4v) is 6.61. The standard InChI is InChI=1S/C31H36O3S/c1-2-4-23-8-11-28(12-9-23)33-22-25-7-10-26-5-3-6-27-20-29(13-14-30(27)31(26)19-25)34-21-24-15-17-35(32)18-16-24/h7-14,19-20,24H,2-6,15-18,21-22H2,1H3. The summed E-state index contributed by atoms with van der Waals surface area (Å²) in [6.07, 6.45) is 7.61. The number of rotatable bonds is 8.